The molecule has 0 aromatic carbocycles. The van der Waals surface area contributed by atoms with E-state index in [0.29, 0.717) is 6.42 Å². The van der Waals surface area contributed by atoms with Crippen molar-refractivity contribution in [3.63, 3.8) is 0 Å². The molecule has 1 fully saturated rings. The van der Waals surface area contributed by atoms with Crippen molar-refractivity contribution in [3.8, 4) is 11.3 Å². The van der Waals surface area contributed by atoms with Crippen LogP contribution in [-0.4, -0.2) is 41.2 Å². The molecule has 0 amide bonds. The predicted octanol–water partition coefficient (Wildman–Crippen LogP) is 0.950. The molecule has 7 heteroatoms. The van der Waals surface area contributed by atoms with Crippen molar-refractivity contribution in [2.45, 2.75) is 25.4 Å². The van der Waals surface area contributed by atoms with Crippen molar-refractivity contribution in [1.29, 1.82) is 0 Å². The number of nitrogens with one attached hydrogen (secondary N) is 1. The number of sulfone groups is 1. The number of nitrogens with zero attached hydrogens (tertiary/aromatic N) is 3. The van der Waals surface area contributed by atoms with Crippen LogP contribution >= 0.6 is 0 Å². The summed E-state index contributed by atoms with van der Waals surface area (Å²) in [7, 11) is -2.91. The molecule has 22 heavy (non-hydrogen) atoms. The van der Waals surface area contributed by atoms with Crippen LogP contribution in [0.5, 0.6) is 0 Å². The molecular weight excluding hydrogens is 300 g/mol. The maximum Gasteiger partial charge on any atom is 0.152 e. The summed E-state index contributed by atoms with van der Waals surface area (Å²) in [6.45, 7) is 1.68. The molecule has 4 heterocycles. The third-order valence-corrected chi connectivity index (χ3v) is 6.20. The van der Waals surface area contributed by atoms with Crippen LogP contribution in [0.3, 0.4) is 0 Å². The summed E-state index contributed by atoms with van der Waals surface area (Å²) >= 11 is 0. The van der Waals surface area contributed by atoms with Crippen LogP contribution in [-0.2, 0) is 22.8 Å². The Bertz CT molecular complexity index is 798. The fourth-order valence-electron chi connectivity index (χ4n) is 3.38. The summed E-state index contributed by atoms with van der Waals surface area (Å²) in [5, 5.41) is 8.16. The second-order valence-corrected chi connectivity index (χ2v) is 8.17. The molecule has 0 saturated carbocycles. The van der Waals surface area contributed by atoms with E-state index in [1.54, 1.807) is 6.20 Å². The Balaban J connectivity index is 1.81. The fourth-order valence-corrected chi connectivity index (χ4v) is 5.07. The van der Waals surface area contributed by atoms with Crippen LogP contribution < -0.4 is 5.32 Å². The van der Waals surface area contributed by atoms with E-state index in [-0.39, 0.29) is 17.5 Å². The number of rotatable bonds is 2. The normalized spacial score (nSPS) is 23.4. The molecule has 6 nitrogen and oxygen atoms in total. The van der Waals surface area contributed by atoms with Crippen LogP contribution in [0.2, 0.25) is 0 Å². The Labute approximate surface area is 129 Å². The Morgan fingerprint density at radius 1 is 1.36 bits per heavy atom. The van der Waals surface area contributed by atoms with Gasteiger partial charge < -0.3 is 5.32 Å². The van der Waals surface area contributed by atoms with Crippen LogP contribution in [0.25, 0.3) is 11.3 Å². The smallest absolute Gasteiger partial charge is 0.152 e. The summed E-state index contributed by atoms with van der Waals surface area (Å²) in [6.07, 6.45) is 5.11. The highest BCUT2D eigenvalue weighted by molar-refractivity contribution is 7.91. The predicted molar refractivity (Wildman–Crippen MR) is 83.2 cm³/mol. The van der Waals surface area contributed by atoms with Crippen molar-refractivity contribution in [1.82, 2.24) is 20.1 Å². The van der Waals surface area contributed by atoms with Crippen molar-refractivity contribution in [3.05, 3.63) is 35.8 Å². The van der Waals surface area contributed by atoms with E-state index in [1.165, 1.54) is 11.3 Å². The second kappa shape index (κ2) is 5.17. The number of hydrogen-bond acceptors (Lipinski definition) is 5. The van der Waals surface area contributed by atoms with Gasteiger partial charge in [-0.3, -0.25) is 9.67 Å². The van der Waals surface area contributed by atoms with Gasteiger partial charge in [-0.25, -0.2) is 8.42 Å². The number of fused-ring (bicyclic) bond motifs is 1. The molecule has 1 unspecified atom stereocenters. The highest BCUT2D eigenvalue weighted by atomic mass is 32.2. The molecule has 0 bridgehead atoms. The van der Waals surface area contributed by atoms with Gasteiger partial charge in [-0.2, -0.15) is 5.10 Å². The van der Waals surface area contributed by atoms with E-state index in [1.807, 2.05) is 23.0 Å². The van der Waals surface area contributed by atoms with Gasteiger partial charge >= 0.3 is 0 Å². The molecule has 2 aliphatic heterocycles. The third-order valence-electron chi connectivity index (χ3n) is 4.45. The first-order chi connectivity index (χ1) is 10.6. The zero-order valence-corrected chi connectivity index (χ0v) is 13.0. The van der Waals surface area contributed by atoms with E-state index < -0.39 is 9.84 Å². The lowest BCUT2D eigenvalue weighted by Crippen LogP contribution is -2.26. The zero-order valence-electron chi connectivity index (χ0n) is 12.2. The maximum atomic E-state index is 11.8. The topological polar surface area (TPSA) is 76.9 Å². The van der Waals surface area contributed by atoms with E-state index in [9.17, 15) is 8.42 Å². The number of aromatic nitrogens is 3. The van der Waals surface area contributed by atoms with Crippen molar-refractivity contribution in [2.75, 3.05) is 18.1 Å². The third kappa shape index (κ3) is 2.34. The Morgan fingerprint density at radius 2 is 2.27 bits per heavy atom. The highest BCUT2D eigenvalue weighted by Gasteiger charge is 2.33. The molecule has 4 rings (SSSR count). The summed E-state index contributed by atoms with van der Waals surface area (Å²) < 4.78 is 25.6. The Morgan fingerprint density at radius 3 is 3.00 bits per heavy atom. The Kier molecular flexibility index (Phi) is 3.27. The first-order valence-corrected chi connectivity index (χ1v) is 9.38. The van der Waals surface area contributed by atoms with Gasteiger partial charge in [0, 0.05) is 48.7 Å². The average Bonchev–Trinajstić information content (AvgIpc) is 3.08. The van der Waals surface area contributed by atoms with E-state index in [4.69, 9.17) is 5.10 Å². The Hall–Kier alpha value is -1.73. The molecule has 1 saturated heterocycles. The summed E-state index contributed by atoms with van der Waals surface area (Å²) in [5.41, 5.74) is 4.28. The van der Waals surface area contributed by atoms with Gasteiger partial charge in [0.15, 0.2) is 9.84 Å². The van der Waals surface area contributed by atoms with Gasteiger partial charge in [0.2, 0.25) is 0 Å². The van der Waals surface area contributed by atoms with Crippen molar-refractivity contribution in [2.24, 2.45) is 0 Å². The lowest BCUT2D eigenvalue weighted by atomic mass is 10.0. The molecular formula is C15H18N4O2S. The minimum atomic E-state index is -2.91. The van der Waals surface area contributed by atoms with Crippen LogP contribution in [0.15, 0.2) is 24.5 Å². The number of hydrogen-bond donors (Lipinski definition) is 1. The minimum Gasteiger partial charge on any atom is -0.312 e. The molecule has 2 aromatic rings. The minimum absolute atomic E-state index is 0.0257. The molecule has 1 atom stereocenters. The zero-order chi connectivity index (χ0) is 15.2. The van der Waals surface area contributed by atoms with E-state index in [0.717, 1.165) is 30.8 Å². The average molecular weight is 318 g/mol. The maximum absolute atomic E-state index is 11.8. The molecule has 0 spiro atoms. The van der Waals surface area contributed by atoms with Gasteiger partial charge in [0.25, 0.3) is 0 Å². The van der Waals surface area contributed by atoms with Gasteiger partial charge in [-0.05, 0) is 18.6 Å². The first kappa shape index (κ1) is 13.9. The highest BCUT2D eigenvalue weighted by Crippen LogP contribution is 2.32. The van der Waals surface area contributed by atoms with Gasteiger partial charge in [0.1, 0.15) is 0 Å². The van der Waals surface area contributed by atoms with Crippen molar-refractivity contribution >= 4 is 9.84 Å². The summed E-state index contributed by atoms with van der Waals surface area (Å²) in [4.78, 5) is 4.17. The standard InChI is InChI=1S/C15H18N4O2S/c20-22(21)7-4-12(10-22)19-14-3-6-17-9-13(14)15(18-19)11-2-1-5-16-8-11/h1-2,5,8,12,17H,3-4,6-7,9-10H2. The molecule has 2 aromatic heterocycles. The monoisotopic (exact) mass is 318 g/mol. The van der Waals surface area contributed by atoms with E-state index in [2.05, 4.69) is 10.3 Å². The largest absolute Gasteiger partial charge is 0.312 e. The van der Waals surface area contributed by atoms with Gasteiger partial charge in [0.05, 0.1) is 23.2 Å². The molecule has 116 valence electrons. The number of pyridine rings is 1. The quantitative estimate of drug-likeness (QED) is 0.892. The van der Waals surface area contributed by atoms with Crippen LogP contribution in [0.4, 0.5) is 0 Å². The van der Waals surface area contributed by atoms with Crippen LogP contribution in [0.1, 0.15) is 23.7 Å². The summed E-state index contributed by atoms with van der Waals surface area (Å²) in [5.74, 6) is 0.480. The summed E-state index contributed by atoms with van der Waals surface area (Å²) in [6, 6.07) is 3.87. The molecule has 2 aliphatic rings. The lowest BCUT2D eigenvalue weighted by molar-refractivity contribution is 0.469. The fraction of sp³-hybridized carbons (Fsp3) is 0.467. The SMILES string of the molecule is O=S1(=O)CCC(n2nc(-c3cccnc3)c3c2CCNC3)C1. The molecule has 1 N–H and O–H groups in total. The molecule has 0 radical (unpaired) electrons. The first-order valence-electron chi connectivity index (χ1n) is 7.56. The van der Waals surface area contributed by atoms with Crippen molar-refractivity contribution < 1.29 is 8.42 Å². The van der Waals surface area contributed by atoms with E-state index >= 15 is 0 Å². The second-order valence-electron chi connectivity index (χ2n) is 5.94. The van der Waals surface area contributed by atoms with Crippen LogP contribution in [0, 0.1) is 0 Å². The van der Waals surface area contributed by atoms with Gasteiger partial charge in [-0.15, -0.1) is 0 Å². The molecule has 0 aliphatic carbocycles. The van der Waals surface area contributed by atoms with Gasteiger partial charge in [-0.1, -0.05) is 0 Å². The lowest BCUT2D eigenvalue weighted by Gasteiger charge is -2.18.